The van der Waals surface area contributed by atoms with Gasteiger partial charge in [0.05, 0.1) is 0 Å². The molecule has 1 aromatic carbocycles. The van der Waals surface area contributed by atoms with E-state index in [4.69, 9.17) is 25.1 Å². The maximum Gasteiger partial charge on any atom is 0.300 e. The molecule has 82 valence electrons. The van der Waals surface area contributed by atoms with Crippen molar-refractivity contribution in [3.05, 3.63) is 23.8 Å². The molecule has 1 aliphatic rings. The molecule has 0 radical (unpaired) electrons. The molecule has 0 amide bonds. The summed E-state index contributed by atoms with van der Waals surface area (Å²) in [5.41, 5.74) is 6.51. The zero-order valence-electron chi connectivity index (χ0n) is 8.40. The Morgan fingerprint density at radius 1 is 1.47 bits per heavy atom. The summed E-state index contributed by atoms with van der Waals surface area (Å²) in [5, 5.41) is 7.42. The van der Waals surface area contributed by atoms with Crippen LogP contribution in [-0.4, -0.2) is 17.9 Å². The molecule has 0 unspecified atom stereocenters. The first-order chi connectivity index (χ1) is 7.13. The lowest BCUT2D eigenvalue weighted by atomic mass is 10.2. The van der Waals surface area contributed by atoms with Gasteiger partial charge in [-0.2, -0.15) is 0 Å². The normalized spacial score (nSPS) is 11.6. The first-order valence-corrected chi connectivity index (χ1v) is 4.41. The van der Waals surface area contributed by atoms with Crippen molar-refractivity contribution in [1.29, 1.82) is 0 Å². The Hall–Kier alpha value is -1.75. The summed E-state index contributed by atoms with van der Waals surface area (Å²) in [6.45, 7) is 1.94. The zero-order valence-corrected chi connectivity index (χ0v) is 8.40. The second kappa shape index (κ2) is 5.21. The van der Waals surface area contributed by atoms with Crippen LogP contribution in [0.3, 0.4) is 0 Å². The number of ether oxygens (including phenoxy) is 2. The van der Waals surface area contributed by atoms with Crippen LogP contribution < -0.4 is 15.2 Å². The Bertz CT molecular complexity index is 347. The van der Waals surface area contributed by atoms with Gasteiger partial charge in [-0.1, -0.05) is 6.07 Å². The lowest BCUT2D eigenvalue weighted by Crippen LogP contribution is -1.95. The van der Waals surface area contributed by atoms with Crippen molar-refractivity contribution >= 4 is 5.97 Å². The lowest BCUT2D eigenvalue weighted by Gasteiger charge is -1.97. The lowest BCUT2D eigenvalue weighted by molar-refractivity contribution is -0.134. The Labute approximate surface area is 87.4 Å². The minimum Gasteiger partial charge on any atom is -0.481 e. The Kier molecular flexibility index (Phi) is 3.93. The summed E-state index contributed by atoms with van der Waals surface area (Å²) < 4.78 is 10.3. The maximum atomic E-state index is 9.00. The molecule has 0 saturated heterocycles. The number of carboxylic acid groups (broad SMARTS) is 1. The summed E-state index contributed by atoms with van der Waals surface area (Å²) in [4.78, 5) is 9.00. The molecule has 1 aromatic rings. The molecule has 2 rings (SSSR count). The van der Waals surface area contributed by atoms with Crippen LogP contribution in [0.5, 0.6) is 11.5 Å². The minimum absolute atomic E-state index is 0.323. The van der Waals surface area contributed by atoms with Gasteiger partial charge in [-0.15, -0.1) is 0 Å². The highest BCUT2D eigenvalue weighted by atomic mass is 16.7. The standard InChI is InChI=1S/C8H9NO2.C2H4O2/c9-4-6-1-2-7-8(3-6)11-5-10-7;1-2(3)4/h1-3H,4-5,9H2;1H3,(H,3,4). The second-order valence-electron chi connectivity index (χ2n) is 2.91. The molecule has 5 nitrogen and oxygen atoms in total. The van der Waals surface area contributed by atoms with Crippen molar-refractivity contribution in [3.63, 3.8) is 0 Å². The van der Waals surface area contributed by atoms with Crippen LogP contribution >= 0.6 is 0 Å². The van der Waals surface area contributed by atoms with Crippen LogP contribution in [0.15, 0.2) is 18.2 Å². The molecule has 0 atom stereocenters. The maximum absolute atomic E-state index is 9.00. The van der Waals surface area contributed by atoms with Gasteiger partial charge >= 0.3 is 0 Å². The Morgan fingerprint density at radius 2 is 2.07 bits per heavy atom. The van der Waals surface area contributed by atoms with Crippen LogP contribution in [0.4, 0.5) is 0 Å². The monoisotopic (exact) mass is 211 g/mol. The van der Waals surface area contributed by atoms with Crippen molar-refractivity contribution in [1.82, 2.24) is 0 Å². The largest absolute Gasteiger partial charge is 0.481 e. The molecular formula is C10H13NO4. The van der Waals surface area contributed by atoms with Crippen LogP contribution in [-0.2, 0) is 11.3 Å². The van der Waals surface area contributed by atoms with E-state index in [0.29, 0.717) is 13.3 Å². The van der Waals surface area contributed by atoms with Gasteiger partial charge in [0.1, 0.15) is 0 Å². The first-order valence-electron chi connectivity index (χ1n) is 4.41. The molecule has 0 aliphatic carbocycles. The topological polar surface area (TPSA) is 81.8 Å². The number of rotatable bonds is 1. The minimum atomic E-state index is -0.833. The summed E-state index contributed by atoms with van der Waals surface area (Å²) in [6.07, 6.45) is 0. The summed E-state index contributed by atoms with van der Waals surface area (Å²) >= 11 is 0. The van der Waals surface area contributed by atoms with E-state index >= 15 is 0 Å². The third kappa shape index (κ3) is 3.47. The third-order valence-electron chi connectivity index (χ3n) is 1.67. The highest BCUT2D eigenvalue weighted by molar-refractivity contribution is 5.62. The van der Waals surface area contributed by atoms with Crippen molar-refractivity contribution in [2.75, 3.05) is 6.79 Å². The van der Waals surface area contributed by atoms with Gasteiger partial charge in [0.25, 0.3) is 5.97 Å². The summed E-state index contributed by atoms with van der Waals surface area (Å²) in [7, 11) is 0. The third-order valence-corrected chi connectivity index (χ3v) is 1.67. The van der Waals surface area contributed by atoms with E-state index in [-0.39, 0.29) is 0 Å². The quantitative estimate of drug-likeness (QED) is 0.723. The number of hydrogen-bond donors (Lipinski definition) is 2. The van der Waals surface area contributed by atoms with Gasteiger partial charge in [0, 0.05) is 13.5 Å². The molecule has 15 heavy (non-hydrogen) atoms. The second-order valence-corrected chi connectivity index (χ2v) is 2.91. The fraction of sp³-hybridized carbons (Fsp3) is 0.300. The van der Waals surface area contributed by atoms with Gasteiger partial charge in [0.15, 0.2) is 11.5 Å². The Balaban J connectivity index is 0.000000245. The molecule has 0 bridgehead atoms. The molecular weight excluding hydrogens is 198 g/mol. The van der Waals surface area contributed by atoms with Crippen LogP contribution in [0.1, 0.15) is 12.5 Å². The summed E-state index contributed by atoms with van der Waals surface area (Å²) in [6, 6.07) is 5.72. The molecule has 0 saturated carbocycles. The van der Waals surface area contributed by atoms with Crippen LogP contribution in [0.2, 0.25) is 0 Å². The molecule has 3 N–H and O–H groups in total. The average molecular weight is 211 g/mol. The molecule has 1 aliphatic heterocycles. The van der Waals surface area contributed by atoms with E-state index in [1.54, 1.807) is 0 Å². The Morgan fingerprint density at radius 3 is 2.67 bits per heavy atom. The predicted molar refractivity (Wildman–Crippen MR) is 53.8 cm³/mol. The van der Waals surface area contributed by atoms with Gasteiger partial charge in [-0.3, -0.25) is 4.79 Å². The van der Waals surface area contributed by atoms with E-state index < -0.39 is 5.97 Å². The number of carbonyl (C=O) groups is 1. The zero-order chi connectivity index (χ0) is 11.3. The SMILES string of the molecule is CC(=O)O.NCc1ccc2c(c1)OCO2. The van der Waals surface area contributed by atoms with Crippen molar-refractivity contribution in [3.8, 4) is 11.5 Å². The van der Waals surface area contributed by atoms with Gasteiger partial charge in [0.2, 0.25) is 6.79 Å². The fourth-order valence-corrected chi connectivity index (χ4v) is 1.07. The van der Waals surface area contributed by atoms with Gasteiger partial charge in [-0.25, -0.2) is 0 Å². The highest BCUT2D eigenvalue weighted by Gasteiger charge is 2.11. The van der Waals surface area contributed by atoms with Gasteiger partial charge < -0.3 is 20.3 Å². The van der Waals surface area contributed by atoms with Crippen molar-refractivity contribution < 1.29 is 19.4 Å². The van der Waals surface area contributed by atoms with Crippen LogP contribution in [0.25, 0.3) is 0 Å². The summed E-state index contributed by atoms with van der Waals surface area (Å²) in [5.74, 6) is 0.773. The van der Waals surface area contributed by atoms with Gasteiger partial charge in [-0.05, 0) is 17.7 Å². The van der Waals surface area contributed by atoms with Crippen molar-refractivity contribution in [2.24, 2.45) is 5.73 Å². The average Bonchev–Trinajstić information content (AvgIpc) is 2.63. The molecule has 0 aromatic heterocycles. The smallest absolute Gasteiger partial charge is 0.300 e. The van der Waals surface area contributed by atoms with E-state index in [9.17, 15) is 0 Å². The number of nitrogens with two attached hydrogens (primary N) is 1. The van der Waals surface area contributed by atoms with Crippen molar-refractivity contribution in [2.45, 2.75) is 13.5 Å². The number of benzene rings is 1. The fourth-order valence-electron chi connectivity index (χ4n) is 1.07. The number of carboxylic acids is 1. The van der Waals surface area contributed by atoms with E-state index in [1.807, 2.05) is 18.2 Å². The predicted octanol–water partition coefficient (Wildman–Crippen LogP) is 0.965. The first kappa shape index (κ1) is 11.3. The van der Waals surface area contributed by atoms with E-state index in [2.05, 4.69) is 0 Å². The van der Waals surface area contributed by atoms with Crippen LogP contribution in [0, 0.1) is 0 Å². The van der Waals surface area contributed by atoms with E-state index in [0.717, 1.165) is 24.0 Å². The molecule has 5 heteroatoms. The molecule has 1 heterocycles. The molecule has 0 fully saturated rings. The van der Waals surface area contributed by atoms with E-state index in [1.165, 1.54) is 0 Å². The number of fused-ring (bicyclic) bond motifs is 1. The molecule has 0 spiro atoms. The highest BCUT2D eigenvalue weighted by Crippen LogP contribution is 2.32. The number of hydrogen-bond acceptors (Lipinski definition) is 4. The number of aliphatic carboxylic acids is 1.